The van der Waals surface area contributed by atoms with Gasteiger partial charge in [0.15, 0.2) is 0 Å². The van der Waals surface area contributed by atoms with E-state index in [1.807, 2.05) is 11.4 Å². The summed E-state index contributed by atoms with van der Waals surface area (Å²) in [6.07, 6.45) is 6.68. The zero-order valence-electron chi connectivity index (χ0n) is 14.3. The molecule has 2 aliphatic heterocycles. The average Bonchev–Trinajstić information content (AvgIpc) is 3.04. The molecule has 2 saturated heterocycles. The molecule has 134 valence electrons. The number of nitrogens with one attached hydrogen (secondary N) is 1. The van der Waals surface area contributed by atoms with Gasteiger partial charge in [0.2, 0.25) is 5.91 Å². The summed E-state index contributed by atoms with van der Waals surface area (Å²) in [5.41, 5.74) is -0.0316. The lowest BCUT2D eigenvalue weighted by Crippen LogP contribution is -2.47. The highest BCUT2D eigenvalue weighted by molar-refractivity contribution is 7.10. The van der Waals surface area contributed by atoms with E-state index in [-0.39, 0.29) is 18.4 Å². The molecule has 1 unspecified atom stereocenters. The van der Waals surface area contributed by atoms with Gasteiger partial charge in [0, 0.05) is 23.5 Å². The highest BCUT2D eigenvalue weighted by Gasteiger charge is 2.54. The molecule has 6 nitrogen and oxygen atoms in total. The number of likely N-dealkylation sites (tertiary alicyclic amines) is 1. The number of hydrogen-bond donors (Lipinski definition) is 1. The van der Waals surface area contributed by atoms with Crippen molar-refractivity contribution in [2.75, 3.05) is 19.6 Å². The van der Waals surface area contributed by atoms with E-state index in [0.29, 0.717) is 6.42 Å². The Labute approximate surface area is 151 Å². The monoisotopic (exact) mass is 361 g/mol. The maximum absolute atomic E-state index is 13.1. The number of fused-ring (bicyclic) bond motifs is 2. The van der Waals surface area contributed by atoms with Crippen LogP contribution in [-0.4, -0.2) is 47.3 Å². The Hall–Kier alpha value is -1.89. The van der Waals surface area contributed by atoms with Crippen molar-refractivity contribution in [2.45, 2.75) is 50.5 Å². The highest BCUT2D eigenvalue weighted by atomic mass is 32.1. The first-order chi connectivity index (χ1) is 12.1. The fourth-order valence-corrected chi connectivity index (χ4v) is 5.24. The van der Waals surface area contributed by atoms with Crippen LogP contribution < -0.4 is 5.32 Å². The number of amides is 4. The Morgan fingerprint density at radius 2 is 1.92 bits per heavy atom. The Balaban J connectivity index is 1.54. The lowest BCUT2D eigenvalue weighted by Gasteiger charge is -2.31. The lowest BCUT2D eigenvalue weighted by molar-refractivity contribution is -0.139. The van der Waals surface area contributed by atoms with Gasteiger partial charge >= 0.3 is 6.03 Å². The third-order valence-electron chi connectivity index (χ3n) is 5.59. The topological polar surface area (TPSA) is 69.7 Å². The Morgan fingerprint density at radius 1 is 1.16 bits per heavy atom. The molecule has 0 bridgehead atoms. The van der Waals surface area contributed by atoms with Crippen LogP contribution in [0.3, 0.4) is 0 Å². The fraction of sp³-hybridized carbons (Fsp3) is 0.611. The largest absolute Gasteiger partial charge is 0.341 e. The maximum Gasteiger partial charge on any atom is 0.325 e. The number of aryl methyl sites for hydroxylation is 1. The smallest absolute Gasteiger partial charge is 0.325 e. The molecule has 3 heterocycles. The second-order valence-corrected chi connectivity index (χ2v) is 8.13. The van der Waals surface area contributed by atoms with E-state index < -0.39 is 11.6 Å². The Bertz CT molecular complexity index is 708. The minimum absolute atomic E-state index is 0.121. The van der Waals surface area contributed by atoms with E-state index in [1.165, 1.54) is 4.88 Å². The van der Waals surface area contributed by atoms with Gasteiger partial charge in [0.25, 0.3) is 5.91 Å². The van der Waals surface area contributed by atoms with Crippen LogP contribution in [-0.2, 0) is 21.5 Å². The van der Waals surface area contributed by atoms with E-state index in [1.54, 1.807) is 16.2 Å². The molecule has 1 aromatic heterocycles. The van der Waals surface area contributed by atoms with Crippen molar-refractivity contribution in [3.63, 3.8) is 0 Å². The predicted octanol–water partition coefficient (Wildman–Crippen LogP) is 2.23. The molecule has 1 aromatic rings. The summed E-state index contributed by atoms with van der Waals surface area (Å²) in [4.78, 5) is 42.3. The quantitative estimate of drug-likeness (QED) is 0.822. The molecule has 2 fully saturated rings. The minimum Gasteiger partial charge on any atom is -0.341 e. The number of carbonyl (C=O) groups excluding carboxylic acids is 3. The second-order valence-electron chi connectivity index (χ2n) is 7.13. The van der Waals surface area contributed by atoms with E-state index in [4.69, 9.17) is 0 Å². The number of nitrogens with zero attached hydrogens (tertiary/aromatic N) is 2. The van der Waals surface area contributed by atoms with Gasteiger partial charge in [-0.05, 0) is 43.6 Å². The maximum atomic E-state index is 13.1. The van der Waals surface area contributed by atoms with Crippen LogP contribution in [0.5, 0.6) is 0 Å². The molecule has 1 atom stereocenters. The molecule has 1 N–H and O–H groups in total. The molecule has 25 heavy (non-hydrogen) atoms. The van der Waals surface area contributed by atoms with Crippen molar-refractivity contribution in [2.24, 2.45) is 0 Å². The number of rotatable bonds is 2. The van der Waals surface area contributed by atoms with Crippen molar-refractivity contribution >= 4 is 29.2 Å². The summed E-state index contributed by atoms with van der Waals surface area (Å²) in [6, 6.07) is 1.50. The highest BCUT2D eigenvalue weighted by Crippen LogP contribution is 2.42. The van der Waals surface area contributed by atoms with Crippen molar-refractivity contribution in [1.29, 1.82) is 0 Å². The van der Waals surface area contributed by atoms with Crippen LogP contribution in [0.25, 0.3) is 0 Å². The number of hydrogen-bond acceptors (Lipinski definition) is 4. The van der Waals surface area contributed by atoms with Crippen molar-refractivity contribution in [1.82, 2.24) is 15.1 Å². The molecule has 1 aliphatic carbocycles. The van der Waals surface area contributed by atoms with Gasteiger partial charge < -0.3 is 10.2 Å². The van der Waals surface area contributed by atoms with Crippen LogP contribution in [0.2, 0.25) is 0 Å². The lowest BCUT2D eigenvalue weighted by atomic mass is 9.80. The number of thiophene rings is 1. The average molecular weight is 361 g/mol. The standard InChI is InChI=1S/C18H23N3O3S/c22-15(20-9-3-1-2-4-10-20)12-21-16(23)18(19-17(21)24)8-5-6-14-13(18)7-11-25-14/h7,11H,1-6,8-10,12H2,(H,19,24). The van der Waals surface area contributed by atoms with Crippen molar-refractivity contribution in [3.05, 3.63) is 21.9 Å². The first kappa shape index (κ1) is 16.6. The van der Waals surface area contributed by atoms with Gasteiger partial charge in [-0.25, -0.2) is 4.79 Å². The van der Waals surface area contributed by atoms with Gasteiger partial charge in [-0.3, -0.25) is 14.5 Å². The van der Waals surface area contributed by atoms with E-state index in [9.17, 15) is 14.4 Å². The first-order valence-corrected chi connectivity index (χ1v) is 9.98. The molecule has 4 amide bonds. The predicted molar refractivity (Wildman–Crippen MR) is 94.2 cm³/mol. The van der Waals surface area contributed by atoms with Crippen LogP contribution in [0.15, 0.2) is 11.4 Å². The first-order valence-electron chi connectivity index (χ1n) is 9.10. The zero-order chi connectivity index (χ0) is 17.4. The zero-order valence-corrected chi connectivity index (χ0v) is 15.1. The molecular weight excluding hydrogens is 338 g/mol. The Kier molecular flexibility index (Phi) is 4.27. The second kappa shape index (κ2) is 6.44. The minimum atomic E-state index is -0.955. The summed E-state index contributed by atoms with van der Waals surface area (Å²) in [5.74, 6) is -0.385. The van der Waals surface area contributed by atoms with Crippen LogP contribution in [0.4, 0.5) is 4.79 Å². The van der Waals surface area contributed by atoms with E-state index >= 15 is 0 Å². The van der Waals surface area contributed by atoms with Crippen molar-refractivity contribution in [3.8, 4) is 0 Å². The summed E-state index contributed by atoms with van der Waals surface area (Å²) in [6.45, 7) is 1.30. The molecule has 7 heteroatoms. The number of urea groups is 1. The molecule has 0 aromatic carbocycles. The SMILES string of the molecule is O=C(CN1C(=O)NC2(CCCc3sccc32)C1=O)N1CCCCCC1. The fourth-order valence-electron chi connectivity index (χ4n) is 4.24. The number of carbonyl (C=O) groups is 3. The van der Waals surface area contributed by atoms with Gasteiger partial charge in [-0.15, -0.1) is 11.3 Å². The summed E-state index contributed by atoms with van der Waals surface area (Å²) in [7, 11) is 0. The summed E-state index contributed by atoms with van der Waals surface area (Å²) in [5, 5.41) is 4.88. The van der Waals surface area contributed by atoms with Gasteiger partial charge in [0.05, 0.1) is 0 Å². The number of imide groups is 1. The van der Waals surface area contributed by atoms with Crippen LogP contribution in [0, 0.1) is 0 Å². The molecule has 0 saturated carbocycles. The molecule has 1 spiro atoms. The van der Waals surface area contributed by atoms with Gasteiger partial charge in [0.1, 0.15) is 12.1 Å². The van der Waals surface area contributed by atoms with E-state index in [0.717, 1.165) is 62.1 Å². The molecule has 4 rings (SSSR count). The molecular formula is C18H23N3O3S. The van der Waals surface area contributed by atoms with Crippen LogP contribution in [0.1, 0.15) is 49.0 Å². The van der Waals surface area contributed by atoms with E-state index in [2.05, 4.69) is 5.32 Å². The third kappa shape index (κ3) is 2.74. The third-order valence-corrected chi connectivity index (χ3v) is 6.57. The molecule has 3 aliphatic rings. The molecule has 0 radical (unpaired) electrons. The van der Waals surface area contributed by atoms with Gasteiger partial charge in [-0.1, -0.05) is 12.8 Å². The Morgan fingerprint density at radius 3 is 2.68 bits per heavy atom. The summed E-state index contributed by atoms with van der Waals surface area (Å²) >= 11 is 1.63. The van der Waals surface area contributed by atoms with Crippen LogP contribution >= 0.6 is 11.3 Å². The van der Waals surface area contributed by atoms with Crippen molar-refractivity contribution < 1.29 is 14.4 Å². The normalized spacial score (nSPS) is 26.6. The summed E-state index contributed by atoms with van der Waals surface area (Å²) < 4.78 is 0. The van der Waals surface area contributed by atoms with Gasteiger partial charge in [-0.2, -0.15) is 0 Å².